The van der Waals surface area contributed by atoms with Gasteiger partial charge in [0.2, 0.25) is 5.91 Å². The monoisotopic (exact) mass is 404 g/mol. The average Bonchev–Trinajstić information content (AvgIpc) is 3.14. The molecular weight excluding hydrogens is 378 g/mol. The van der Waals surface area contributed by atoms with Gasteiger partial charge in [-0.3, -0.25) is 4.79 Å². The minimum Gasteiger partial charge on any atom is -0.384 e. The molecule has 2 aliphatic rings. The predicted molar refractivity (Wildman–Crippen MR) is 106 cm³/mol. The van der Waals surface area contributed by atoms with Gasteiger partial charge in [-0.15, -0.1) is 0 Å². The number of nitrogens with zero attached hydrogens (tertiary/aromatic N) is 3. The van der Waals surface area contributed by atoms with Crippen LogP contribution >= 0.6 is 0 Å². The Morgan fingerprint density at radius 1 is 1.24 bits per heavy atom. The number of amides is 1. The number of ether oxygens (including phenoxy) is 1. The van der Waals surface area contributed by atoms with Gasteiger partial charge in [-0.1, -0.05) is 12.1 Å². The molecule has 0 bridgehead atoms. The molecule has 2 aromatic rings. The zero-order chi connectivity index (χ0) is 20.4. The minimum atomic E-state index is -2.70. The number of rotatable bonds is 6. The van der Waals surface area contributed by atoms with Gasteiger partial charge < -0.3 is 15.0 Å². The van der Waals surface area contributed by atoms with E-state index in [-0.39, 0.29) is 11.9 Å². The number of carbonyl (C=O) groups is 1. The van der Waals surface area contributed by atoms with Crippen LogP contribution < -0.4 is 10.2 Å². The minimum absolute atomic E-state index is 0.0218. The van der Waals surface area contributed by atoms with Gasteiger partial charge in [-0.25, -0.2) is 18.7 Å². The van der Waals surface area contributed by atoms with Crippen molar-refractivity contribution in [2.45, 2.75) is 38.2 Å². The molecule has 1 aliphatic heterocycles. The number of fused-ring (bicyclic) bond motifs is 2. The second-order valence-electron chi connectivity index (χ2n) is 7.97. The van der Waals surface area contributed by atoms with E-state index in [2.05, 4.69) is 20.2 Å². The number of alkyl halides is 2. The third kappa shape index (κ3) is 4.32. The van der Waals surface area contributed by atoms with Crippen LogP contribution in [0, 0.1) is 11.8 Å². The van der Waals surface area contributed by atoms with Crippen molar-refractivity contribution in [2.24, 2.45) is 11.8 Å². The quantitative estimate of drug-likeness (QED) is 0.800. The molecule has 1 N–H and O–H groups in total. The van der Waals surface area contributed by atoms with Crippen molar-refractivity contribution in [1.29, 1.82) is 0 Å². The van der Waals surface area contributed by atoms with E-state index >= 15 is 0 Å². The maximum absolute atomic E-state index is 13.3. The highest BCUT2D eigenvalue weighted by atomic mass is 19.3. The third-order valence-corrected chi connectivity index (χ3v) is 6.04. The summed E-state index contributed by atoms with van der Waals surface area (Å²) in [7, 11) is 1.59. The van der Waals surface area contributed by atoms with Gasteiger partial charge >= 0.3 is 0 Å². The SMILES string of the molecule is COCCC(=O)NC1CCC2CN(c3nc(C(F)F)nc4ccccc34)CC2C1. The summed E-state index contributed by atoms with van der Waals surface area (Å²) in [6.07, 6.45) is 0.540. The van der Waals surface area contributed by atoms with Gasteiger partial charge in [0.25, 0.3) is 6.43 Å². The standard InChI is InChI=1S/C21H26F2N4O2/c1-29-9-8-18(28)24-15-7-6-13-11-27(12-14(13)10-15)21-16-4-2-3-5-17(16)25-20(26-21)19(22)23/h2-5,13-15,19H,6-12H2,1H3,(H,24,28). The molecule has 3 unspecified atom stereocenters. The van der Waals surface area contributed by atoms with Crippen LogP contribution in [0.2, 0.25) is 0 Å². The topological polar surface area (TPSA) is 67.3 Å². The van der Waals surface area contributed by atoms with E-state index in [1.54, 1.807) is 19.2 Å². The van der Waals surface area contributed by atoms with Crippen molar-refractivity contribution >= 4 is 22.6 Å². The lowest BCUT2D eigenvalue weighted by atomic mass is 9.79. The predicted octanol–water partition coefficient (Wildman–Crippen LogP) is 3.33. The Labute approximate surface area is 168 Å². The Balaban J connectivity index is 1.49. The Hall–Kier alpha value is -2.35. The normalized spacial score (nSPS) is 24.1. The Morgan fingerprint density at radius 2 is 2.03 bits per heavy atom. The van der Waals surface area contributed by atoms with E-state index in [4.69, 9.17) is 4.74 Å². The van der Waals surface area contributed by atoms with E-state index in [9.17, 15) is 13.6 Å². The number of anilines is 1. The number of aromatic nitrogens is 2. The highest BCUT2D eigenvalue weighted by molar-refractivity contribution is 5.89. The molecule has 1 saturated heterocycles. The summed E-state index contributed by atoms with van der Waals surface area (Å²) >= 11 is 0. The smallest absolute Gasteiger partial charge is 0.297 e. The highest BCUT2D eigenvalue weighted by Gasteiger charge is 2.39. The van der Waals surface area contributed by atoms with Gasteiger partial charge in [0.05, 0.1) is 12.1 Å². The number of hydrogen-bond donors (Lipinski definition) is 1. The van der Waals surface area contributed by atoms with Crippen molar-refractivity contribution in [3.63, 3.8) is 0 Å². The average molecular weight is 404 g/mol. The number of nitrogens with one attached hydrogen (secondary N) is 1. The van der Waals surface area contributed by atoms with Crippen molar-refractivity contribution in [3.8, 4) is 0 Å². The van der Waals surface area contributed by atoms with Crippen LogP contribution in [0.4, 0.5) is 14.6 Å². The van der Waals surface area contributed by atoms with E-state index in [0.717, 1.165) is 37.7 Å². The van der Waals surface area contributed by atoms with Crippen LogP contribution in [0.15, 0.2) is 24.3 Å². The number of carbonyl (C=O) groups excluding carboxylic acids is 1. The van der Waals surface area contributed by atoms with Gasteiger partial charge in [-0.05, 0) is 43.2 Å². The molecule has 156 valence electrons. The van der Waals surface area contributed by atoms with Crippen LogP contribution in [0.5, 0.6) is 0 Å². The first-order chi connectivity index (χ1) is 14.0. The van der Waals surface area contributed by atoms with Crippen LogP contribution in [-0.4, -0.2) is 48.7 Å². The zero-order valence-electron chi connectivity index (χ0n) is 16.5. The van der Waals surface area contributed by atoms with Crippen LogP contribution in [-0.2, 0) is 9.53 Å². The molecule has 2 heterocycles. The summed E-state index contributed by atoms with van der Waals surface area (Å²) in [6, 6.07) is 7.49. The molecule has 3 atom stereocenters. The lowest BCUT2D eigenvalue weighted by Crippen LogP contribution is -2.40. The summed E-state index contributed by atoms with van der Waals surface area (Å²) in [5, 5.41) is 3.92. The second-order valence-corrected chi connectivity index (χ2v) is 7.97. The second kappa shape index (κ2) is 8.57. The van der Waals surface area contributed by atoms with E-state index < -0.39 is 12.2 Å². The van der Waals surface area contributed by atoms with Gasteiger partial charge in [0, 0.05) is 38.0 Å². The number of benzene rings is 1. The number of halogens is 2. The molecule has 0 spiro atoms. The van der Waals surface area contributed by atoms with E-state index in [1.165, 1.54) is 0 Å². The number of methoxy groups -OCH3 is 1. The molecular formula is C21H26F2N4O2. The largest absolute Gasteiger partial charge is 0.384 e. The van der Waals surface area contributed by atoms with Crippen LogP contribution in [0.3, 0.4) is 0 Å². The van der Waals surface area contributed by atoms with Crippen molar-refractivity contribution in [1.82, 2.24) is 15.3 Å². The molecule has 1 aliphatic carbocycles. The molecule has 1 aromatic carbocycles. The number of hydrogen-bond acceptors (Lipinski definition) is 5. The van der Waals surface area contributed by atoms with Gasteiger partial charge in [0.1, 0.15) is 5.82 Å². The first-order valence-electron chi connectivity index (χ1n) is 10.1. The van der Waals surface area contributed by atoms with E-state index in [1.807, 2.05) is 12.1 Å². The van der Waals surface area contributed by atoms with Crippen molar-refractivity contribution < 1.29 is 18.3 Å². The van der Waals surface area contributed by atoms with Gasteiger partial charge in [-0.2, -0.15) is 0 Å². The molecule has 0 radical (unpaired) electrons. The fourth-order valence-corrected chi connectivity index (χ4v) is 4.65. The summed E-state index contributed by atoms with van der Waals surface area (Å²) in [4.78, 5) is 22.4. The fourth-order valence-electron chi connectivity index (χ4n) is 4.65. The molecule has 1 amide bonds. The third-order valence-electron chi connectivity index (χ3n) is 6.04. The summed E-state index contributed by atoms with van der Waals surface area (Å²) in [6.45, 7) is 1.99. The molecule has 8 heteroatoms. The summed E-state index contributed by atoms with van der Waals surface area (Å²) < 4.78 is 31.6. The summed E-state index contributed by atoms with van der Waals surface area (Å²) in [5.41, 5.74) is 0.547. The maximum atomic E-state index is 13.3. The van der Waals surface area contributed by atoms with Crippen molar-refractivity contribution in [2.75, 3.05) is 31.7 Å². The lowest BCUT2D eigenvalue weighted by molar-refractivity contribution is -0.123. The summed E-state index contributed by atoms with van der Waals surface area (Å²) in [5.74, 6) is 1.11. The Kier molecular flexibility index (Phi) is 5.89. The first kappa shape index (κ1) is 19.9. The highest BCUT2D eigenvalue weighted by Crippen LogP contribution is 2.39. The first-order valence-corrected chi connectivity index (χ1v) is 10.1. The molecule has 29 heavy (non-hydrogen) atoms. The zero-order valence-corrected chi connectivity index (χ0v) is 16.5. The number of para-hydroxylation sites is 1. The van der Waals surface area contributed by atoms with E-state index in [0.29, 0.717) is 36.2 Å². The molecule has 1 aromatic heterocycles. The molecule has 2 fully saturated rings. The lowest BCUT2D eigenvalue weighted by Gasteiger charge is -2.31. The molecule has 4 rings (SSSR count). The van der Waals surface area contributed by atoms with Crippen LogP contribution in [0.25, 0.3) is 10.9 Å². The maximum Gasteiger partial charge on any atom is 0.297 e. The molecule has 1 saturated carbocycles. The fraction of sp³-hybridized carbons (Fsp3) is 0.571. The van der Waals surface area contributed by atoms with Crippen molar-refractivity contribution in [3.05, 3.63) is 30.1 Å². The Morgan fingerprint density at radius 3 is 2.83 bits per heavy atom. The molecule has 6 nitrogen and oxygen atoms in total. The van der Waals surface area contributed by atoms with Crippen LogP contribution in [0.1, 0.15) is 37.9 Å². The van der Waals surface area contributed by atoms with Gasteiger partial charge in [0.15, 0.2) is 5.82 Å². The Bertz CT molecular complexity index is 879.